The molecule has 1 heterocycles. The van der Waals surface area contributed by atoms with Crippen LogP contribution in [0.2, 0.25) is 0 Å². The summed E-state index contributed by atoms with van der Waals surface area (Å²) in [7, 11) is -4.80. The fourth-order valence-electron chi connectivity index (χ4n) is 0.950. The molecule has 82 valence electrons. The van der Waals surface area contributed by atoms with Crippen LogP contribution in [-0.2, 0) is 13.8 Å². The summed E-state index contributed by atoms with van der Waals surface area (Å²) < 4.78 is 19.0. The van der Waals surface area contributed by atoms with Crippen molar-refractivity contribution < 1.29 is 23.6 Å². The molecule has 0 bridgehead atoms. The van der Waals surface area contributed by atoms with Gasteiger partial charge in [-0.1, -0.05) is 0 Å². The van der Waals surface area contributed by atoms with Gasteiger partial charge in [0.2, 0.25) is 0 Å². The van der Waals surface area contributed by atoms with Gasteiger partial charge in [0.15, 0.2) is 0 Å². The van der Waals surface area contributed by atoms with Crippen molar-refractivity contribution in [1.29, 1.82) is 0 Å². The molecule has 1 fully saturated rings. The summed E-state index contributed by atoms with van der Waals surface area (Å²) >= 11 is 0. The highest BCUT2D eigenvalue weighted by atomic mass is 31.2. The van der Waals surface area contributed by atoms with Gasteiger partial charge in [-0.05, 0) is 12.8 Å². The van der Waals surface area contributed by atoms with Crippen LogP contribution in [0.3, 0.4) is 0 Å². The fraction of sp³-hybridized carbons (Fsp3) is 1.00. The minimum atomic E-state index is -4.80. The molecule has 0 aromatic carbocycles. The molecule has 0 saturated carbocycles. The highest BCUT2D eigenvalue weighted by Crippen LogP contribution is 2.26. The third kappa shape index (κ3) is 7.09. The van der Waals surface area contributed by atoms with Crippen LogP contribution >= 0.6 is 7.82 Å². The lowest BCUT2D eigenvalue weighted by molar-refractivity contribution is -0.342. The van der Waals surface area contributed by atoms with Crippen molar-refractivity contribution >= 4 is 7.82 Å². The van der Waals surface area contributed by atoms with E-state index in [9.17, 15) is 14.4 Å². The Labute approximate surface area is 76.8 Å². The van der Waals surface area contributed by atoms with Crippen LogP contribution in [0.5, 0.6) is 0 Å². The number of quaternary nitrogens is 2. The zero-order chi connectivity index (χ0) is 8.32. The van der Waals surface area contributed by atoms with Crippen LogP contribution in [0.25, 0.3) is 0 Å². The molecule has 0 aromatic heterocycles. The molecular weight excluding hydrogens is 199 g/mol. The van der Waals surface area contributed by atoms with Crippen LogP contribution in [-0.4, -0.2) is 19.3 Å². The maximum Gasteiger partial charge on any atom is 0.0813 e. The Hall–Kier alpha value is -0.0100. The first-order valence-corrected chi connectivity index (χ1v) is 4.82. The Kier molecular flexibility index (Phi) is 7.67. The van der Waals surface area contributed by atoms with Crippen molar-refractivity contribution in [1.82, 2.24) is 12.3 Å². The first kappa shape index (κ1) is 15.5. The second-order valence-corrected chi connectivity index (χ2v) is 3.53. The molecule has 7 nitrogen and oxygen atoms in total. The lowest BCUT2D eigenvalue weighted by Gasteiger charge is -2.29. The van der Waals surface area contributed by atoms with Crippen LogP contribution in [0.15, 0.2) is 0 Å². The summed E-state index contributed by atoms with van der Waals surface area (Å²) in [5, 5.41) is 0. The van der Waals surface area contributed by atoms with Crippen molar-refractivity contribution in [3.63, 3.8) is 0 Å². The quantitative estimate of drug-likeness (QED) is 0.623. The summed E-state index contributed by atoms with van der Waals surface area (Å²) in [4.78, 5) is 20.0. The van der Waals surface area contributed by atoms with E-state index in [0.29, 0.717) is 6.61 Å². The van der Waals surface area contributed by atoms with E-state index in [-0.39, 0.29) is 25.0 Å². The molecule has 1 aliphatic heterocycles. The summed E-state index contributed by atoms with van der Waals surface area (Å²) in [5.41, 5.74) is 0. The van der Waals surface area contributed by atoms with Crippen LogP contribution in [0, 0.1) is 0 Å². The number of phosphoric ester groups is 1. The third-order valence-electron chi connectivity index (χ3n) is 1.44. The van der Waals surface area contributed by atoms with Gasteiger partial charge in [-0.25, -0.2) is 0 Å². The van der Waals surface area contributed by atoms with Gasteiger partial charge in [-0.3, -0.25) is 0 Å². The van der Waals surface area contributed by atoms with Gasteiger partial charge in [-0.15, -0.1) is 0 Å². The molecule has 0 radical (unpaired) electrons. The molecule has 0 spiro atoms. The van der Waals surface area contributed by atoms with Crippen LogP contribution in [0.1, 0.15) is 12.8 Å². The van der Waals surface area contributed by atoms with E-state index in [2.05, 4.69) is 4.52 Å². The normalized spacial score (nSPS) is 21.8. The molecule has 1 unspecified atom stereocenters. The lowest BCUT2D eigenvalue weighted by atomic mass is 10.2. The molecule has 13 heavy (non-hydrogen) atoms. The standard InChI is InChI=1S/C5H11O5P.2H3N/c6-11(7,8)10-4-5-2-1-3-9-5;;/h5H,1-4H2,(H2,6,7,8);2*1H3. The predicted octanol–water partition coefficient (Wildman–Crippen LogP) is -0.237. The van der Waals surface area contributed by atoms with E-state index in [1.165, 1.54) is 0 Å². The molecule has 1 saturated heterocycles. The van der Waals surface area contributed by atoms with Gasteiger partial charge < -0.3 is 35.9 Å². The molecule has 8 heteroatoms. The molecule has 1 atom stereocenters. The summed E-state index contributed by atoms with van der Waals surface area (Å²) in [6.07, 6.45) is 1.45. The summed E-state index contributed by atoms with van der Waals surface area (Å²) in [6, 6.07) is 0. The number of hydrogen-bond donors (Lipinski definition) is 2. The average Bonchev–Trinajstić information content (AvgIpc) is 2.32. The van der Waals surface area contributed by atoms with Gasteiger partial charge in [-0.2, -0.15) is 0 Å². The first-order valence-electron chi connectivity index (χ1n) is 3.36. The second kappa shape index (κ2) is 6.44. The maximum atomic E-state index is 9.98. The molecule has 0 aromatic rings. The zero-order valence-electron chi connectivity index (χ0n) is 7.89. The number of rotatable bonds is 3. The smallest absolute Gasteiger partial charge is 0.0813 e. The number of phosphoric acid groups is 1. The number of hydrogen-bond acceptors (Lipinski definition) is 5. The monoisotopic (exact) mass is 216 g/mol. The number of ether oxygens (including phenoxy) is 1. The highest BCUT2D eigenvalue weighted by Gasteiger charge is 2.15. The first-order chi connectivity index (χ1) is 5.08. The Balaban J connectivity index is 0. The minimum absolute atomic E-state index is 0. The summed E-state index contributed by atoms with van der Waals surface area (Å²) in [6.45, 7) is 0.486. The van der Waals surface area contributed by atoms with E-state index in [1.54, 1.807) is 0 Å². The van der Waals surface area contributed by atoms with E-state index < -0.39 is 7.82 Å². The molecule has 8 N–H and O–H groups in total. The maximum absolute atomic E-state index is 9.98. The fourth-order valence-corrected chi connectivity index (χ4v) is 1.30. The lowest BCUT2D eigenvalue weighted by Crippen LogP contribution is -2.21. The zero-order valence-corrected chi connectivity index (χ0v) is 8.79. The van der Waals surface area contributed by atoms with E-state index >= 15 is 0 Å². The van der Waals surface area contributed by atoms with Crippen molar-refractivity contribution in [3.8, 4) is 0 Å². The van der Waals surface area contributed by atoms with E-state index in [4.69, 9.17) is 4.74 Å². The molecule has 0 amide bonds. The van der Waals surface area contributed by atoms with Gasteiger partial charge in [0.1, 0.15) is 0 Å². The van der Waals surface area contributed by atoms with Crippen molar-refractivity contribution in [2.45, 2.75) is 18.9 Å². The van der Waals surface area contributed by atoms with E-state index in [1.807, 2.05) is 0 Å². The SMILES string of the molecule is O=P([O-])([O-])OCC1CCCO1.[NH4+].[NH4+]. The Morgan fingerprint density at radius 2 is 2.08 bits per heavy atom. The Morgan fingerprint density at radius 1 is 1.46 bits per heavy atom. The third-order valence-corrected chi connectivity index (χ3v) is 1.91. The summed E-state index contributed by atoms with van der Waals surface area (Å²) in [5.74, 6) is 0. The largest absolute Gasteiger partial charge is 0.790 e. The van der Waals surface area contributed by atoms with E-state index in [0.717, 1.165) is 12.8 Å². The second-order valence-electron chi connectivity index (χ2n) is 2.38. The van der Waals surface area contributed by atoms with Crippen LogP contribution in [0.4, 0.5) is 0 Å². The predicted molar refractivity (Wildman–Crippen MR) is 44.5 cm³/mol. The van der Waals surface area contributed by atoms with Crippen molar-refractivity contribution in [2.75, 3.05) is 13.2 Å². The van der Waals surface area contributed by atoms with Gasteiger partial charge in [0.05, 0.1) is 20.5 Å². The minimum Gasteiger partial charge on any atom is -0.790 e. The topological polar surface area (TPSA) is 155 Å². The van der Waals surface area contributed by atoms with Gasteiger partial charge in [0.25, 0.3) is 0 Å². The molecule has 1 aliphatic rings. The Morgan fingerprint density at radius 3 is 2.46 bits per heavy atom. The van der Waals surface area contributed by atoms with Gasteiger partial charge >= 0.3 is 0 Å². The highest BCUT2D eigenvalue weighted by molar-refractivity contribution is 7.43. The van der Waals surface area contributed by atoms with Crippen LogP contribution < -0.4 is 22.1 Å². The average molecular weight is 216 g/mol. The van der Waals surface area contributed by atoms with Crippen molar-refractivity contribution in [3.05, 3.63) is 0 Å². The molecular formula is C5H17N2O5P. The van der Waals surface area contributed by atoms with Crippen molar-refractivity contribution in [2.24, 2.45) is 0 Å². The molecule has 0 aliphatic carbocycles. The van der Waals surface area contributed by atoms with Gasteiger partial charge in [0, 0.05) is 6.61 Å². The Bertz CT molecular complexity index is 166. The molecule has 1 rings (SSSR count).